The summed E-state index contributed by atoms with van der Waals surface area (Å²) in [6.45, 7) is 6.57. The Morgan fingerprint density at radius 1 is 1.50 bits per heavy atom. The molecule has 2 N–H and O–H groups in total. The predicted molar refractivity (Wildman–Crippen MR) is 86.4 cm³/mol. The number of amides is 1. The molecule has 1 fully saturated rings. The summed E-state index contributed by atoms with van der Waals surface area (Å²) in [6, 6.07) is 0.336. The molecule has 8 heteroatoms. The lowest BCUT2D eigenvalue weighted by Crippen LogP contribution is -2.36. The van der Waals surface area contributed by atoms with E-state index in [-0.39, 0.29) is 24.4 Å². The lowest BCUT2D eigenvalue weighted by Gasteiger charge is -2.22. The van der Waals surface area contributed by atoms with Crippen molar-refractivity contribution in [2.24, 2.45) is 5.92 Å². The lowest BCUT2D eigenvalue weighted by atomic mass is 10.1. The van der Waals surface area contributed by atoms with E-state index < -0.39 is 0 Å². The molecule has 1 atom stereocenters. The van der Waals surface area contributed by atoms with Crippen molar-refractivity contribution >= 4 is 18.3 Å². The average Bonchev–Trinajstić information content (AvgIpc) is 2.98. The van der Waals surface area contributed by atoms with Crippen molar-refractivity contribution in [2.75, 3.05) is 26.7 Å². The summed E-state index contributed by atoms with van der Waals surface area (Å²) >= 11 is 0. The highest BCUT2D eigenvalue weighted by atomic mass is 35.5. The van der Waals surface area contributed by atoms with Crippen LogP contribution < -0.4 is 10.6 Å². The normalized spacial score (nSPS) is 17.1. The van der Waals surface area contributed by atoms with Gasteiger partial charge >= 0.3 is 0 Å². The van der Waals surface area contributed by atoms with Crippen molar-refractivity contribution in [1.82, 2.24) is 25.6 Å². The van der Waals surface area contributed by atoms with Gasteiger partial charge in [0.25, 0.3) is 5.91 Å². The fourth-order valence-corrected chi connectivity index (χ4v) is 2.51. The second kappa shape index (κ2) is 9.07. The summed E-state index contributed by atoms with van der Waals surface area (Å²) in [4.78, 5) is 12.1. The molecule has 0 spiro atoms. The van der Waals surface area contributed by atoms with Crippen LogP contribution in [0.25, 0.3) is 0 Å². The van der Waals surface area contributed by atoms with Crippen molar-refractivity contribution in [3.05, 3.63) is 11.9 Å². The quantitative estimate of drug-likeness (QED) is 0.813. The fraction of sp³-hybridized carbons (Fsp3) is 0.786. The zero-order valence-electron chi connectivity index (χ0n) is 13.4. The topological polar surface area (TPSA) is 81.1 Å². The molecule has 7 nitrogen and oxygen atoms in total. The third-order valence-corrected chi connectivity index (χ3v) is 3.94. The van der Waals surface area contributed by atoms with E-state index >= 15 is 0 Å². The number of hydrogen-bond acceptors (Lipinski definition) is 5. The van der Waals surface area contributed by atoms with Crippen molar-refractivity contribution < 1.29 is 9.53 Å². The van der Waals surface area contributed by atoms with E-state index in [0.29, 0.717) is 24.2 Å². The zero-order valence-corrected chi connectivity index (χ0v) is 14.2. The van der Waals surface area contributed by atoms with E-state index in [1.807, 2.05) is 4.68 Å². The molecule has 1 unspecified atom stereocenters. The summed E-state index contributed by atoms with van der Waals surface area (Å²) < 4.78 is 7.15. The predicted octanol–water partition coefficient (Wildman–Crippen LogP) is 1.03. The first-order chi connectivity index (χ1) is 10.1. The van der Waals surface area contributed by atoms with E-state index in [2.05, 4.69) is 34.8 Å². The zero-order chi connectivity index (χ0) is 15.2. The number of aromatic nitrogens is 3. The van der Waals surface area contributed by atoms with Gasteiger partial charge in [-0.3, -0.25) is 4.79 Å². The molecule has 1 saturated heterocycles. The van der Waals surface area contributed by atoms with Crippen molar-refractivity contribution in [2.45, 2.75) is 38.8 Å². The highest BCUT2D eigenvalue weighted by Crippen LogP contribution is 2.17. The molecule has 1 amide bonds. The molecular weight excluding hydrogens is 306 g/mol. The molecule has 2 rings (SSSR count). The molecule has 1 aliphatic heterocycles. The van der Waals surface area contributed by atoms with Gasteiger partial charge in [0, 0.05) is 13.7 Å². The van der Waals surface area contributed by atoms with Gasteiger partial charge < -0.3 is 15.4 Å². The lowest BCUT2D eigenvalue weighted by molar-refractivity contribution is 0.0603. The average molecular weight is 332 g/mol. The Morgan fingerprint density at radius 2 is 2.18 bits per heavy atom. The number of methoxy groups -OCH3 is 1. The first-order valence-corrected chi connectivity index (χ1v) is 7.55. The molecule has 2 heterocycles. The maximum Gasteiger partial charge on any atom is 0.273 e. The number of carbonyl (C=O) groups is 1. The largest absolute Gasteiger partial charge is 0.379 e. The summed E-state index contributed by atoms with van der Waals surface area (Å²) in [6.07, 6.45) is 3.78. The van der Waals surface area contributed by atoms with Crippen LogP contribution in [-0.2, 0) is 4.74 Å². The Labute approximate surface area is 137 Å². The standard InChI is InChI=1S/C14H25N5O2.ClH/c1-10(2)13(21-3)8-16-14(20)12-9-19(18-17-12)11-4-6-15-7-5-11;/h9-11,13,15H,4-8H2,1-3H3,(H,16,20);1H. The van der Waals surface area contributed by atoms with Crippen molar-refractivity contribution in [3.8, 4) is 0 Å². The second-order valence-corrected chi connectivity index (χ2v) is 5.79. The van der Waals surface area contributed by atoms with Gasteiger partial charge in [0.1, 0.15) is 0 Å². The summed E-state index contributed by atoms with van der Waals surface area (Å²) in [5, 5.41) is 14.2. The molecule has 0 bridgehead atoms. The Bertz CT molecular complexity index is 460. The molecule has 0 radical (unpaired) electrons. The molecule has 1 aromatic rings. The number of piperidine rings is 1. The van der Waals surface area contributed by atoms with Gasteiger partial charge in [-0.05, 0) is 31.8 Å². The number of rotatable bonds is 6. The van der Waals surface area contributed by atoms with Crippen LogP contribution in [0.5, 0.6) is 0 Å². The summed E-state index contributed by atoms with van der Waals surface area (Å²) in [7, 11) is 1.66. The minimum Gasteiger partial charge on any atom is -0.379 e. The van der Waals surface area contributed by atoms with Crippen molar-refractivity contribution in [1.29, 1.82) is 0 Å². The Balaban J connectivity index is 0.00000242. The van der Waals surface area contributed by atoms with Gasteiger partial charge in [-0.2, -0.15) is 0 Å². The number of carbonyl (C=O) groups excluding carboxylic acids is 1. The third-order valence-electron chi connectivity index (χ3n) is 3.94. The Kier molecular flexibility index (Phi) is 7.78. The fourth-order valence-electron chi connectivity index (χ4n) is 2.51. The SMILES string of the molecule is COC(CNC(=O)c1cn(C2CCNCC2)nn1)C(C)C.Cl. The van der Waals surface area contributed by atoms with Crippen LogP contribution in [0.1, 0.15) is 43.2 Å². The number of hydrogen-bond donors (Lipinski definition) is 2. The van der Waals surface area contributed by atoms with Crippen LogP contribution >= 0.6 is 12.4 Å². The van der Waals surface area contributed by atoms with Crippen LogP contribution in [0.15, 0.2) is 6.20 Å². The number of ether oxygens (including phenoxy) is 1. The van der Waals surface area contributed by atoms with Gasteiger partial charge in [-0.25, -0.2) is 4.68 Å². The molecule has 0 aliphatic carbocycles. The molecule has 1 aromatic heterocycles. The second-order valence-electron chi connectivity index (χ2n) is 5.79. The Morgan fingerprint density at radius 3 is 2.77 bits per heavy atom. The van der Waals surface area contributed by atoms with Gasteiger partial charge in [-0.15, -0.1) is 17.5 Å². The van der Waals surface area contributed by atoms with Crippen LogP contribution in [0.3, 0.4) is 0 Å². The van der Waals surface area contributed by atoms with Crippen molar-refractivity contribution in [3.63, 3.8) is 0 Å². The number of halogens is 1. The third kappa shape index (κ3) is 4.93. The molecule has 22 heavy (non-hydrogen) atoms. The molecular formula is C14H26ClN5O2. The highest BCUT2D eigenvalue weighted by molar-refractivity contribution is 5.91. The maximum absolute atomic E-state index is 12.1. The number of nitrogens with one attached hydrogen (secondary N) is 2. The van der Waals surface area contributed by atoms with E-state index in [9.17, 15) is 4.79 Å². The van der Waals surface area contributed by atoms with E-state index in [4.69, 9.17) is 4.74 Å². The Hall–Kier alpha value is -1.18. The summed E-state index contributed by atoms with van der Waals surface area (Å²) in [5.74, 6) is 0.151. The molecule has 126 valence electrons. The van der Waals surface area contributed by atoms with Gasteiger partial charge in [-0.1, -0.05) is 19.1 Å². The highest BCUT2D eigenvalue weighted by Gasteiger charge is 2.20. The van der Waals surface area contributed by atoms with E-state index in [1.54, 1.807) is 13.3 Å². The van der Waals surface area contributed by atoms with E-state index in [0.717, 1.165) is 25.9 Å². The first kappa shape index (κ1) is 18.9. The first-order valence-electron chi connectivity index (χ1n) is 7.55. The smallest absolute Gasteiger partial charge is 0.273 e. The molecule has 0 saturated carbocycles. The monoisotopic (exact) mass is 331 g/mol. The van der Waals surface area contributed by atoms with Gasteiger partial charge in [0.2, 0.25) is 0 Å². The van der Waals surface area contributed by atoms with Crippen LogP contribution in [0, 0.1) is 5.92 Å². The van der Waals surface area contributed by atoms with Crippen LogP contribution in [0.4, 0.5) is 0 Å². The summed E-state index contributed by atoms with van der Waals surface area (Å²) in [5.41, 5.74) is 0.368. The minimum absolute atomic E-state index is 0. The minimum atomic E-state index is -0.196. The van der Waals surface area contributed by atoms with E-state index in [1.165, 1.54) is 0 Å². The van der Waals surface area contributed by atoms with Crippen LogP contribution in [-0.4, -0.2) is 53.7 Å². The molecule has 0 aromatic carbocycles. The number of nitrogens with zero attached hydrogens (tertiary/aromatic N) is 3. The van der Waals surface area contributed by atoms with Gasteiger partial charge in [0.05, 0.1) is 18.3 Å². The van der Waals surface area contributed by atoms with Gasteiger partial charge in [0.15, 0.2) is 5.69 Å². The maximum atomic E-state index is 12.1. The molecule has 1 aliphatic rings. The van der Waals surface area contributed by atoms with Crippen LogP contribution in [0.2, 0.25) is 0 Å².